The average molecular weight is 567 g/mol. The van der Waals surface area contributed by atoms with E-state index in [1.165, 1.54) is 55.7 Å². The van der Waals surface area contributed by atoms with Gasteiger partial charge in [0, 0.05) is 0 Å². The number of benzene rings is 4. The van der Waals surface area contributed by atoms with Gasteiger partial charge in [0.1, 0.15) is 0 Å². The Labute approximate surface area is 231 Å². The molecule has 0 bridgehead atoms. The van der Waals surface area contributed by atoms with Gasteiger partial charge in [-0.3, -0.25) is 0 Å². The van der Waals surface area contributed by atoms with E-state index in [1.54, 1.807) is 18.9 Å². The van der Waals surface area contributed by atoms with Crippen molar-refractivity contribution in [2.24, 2.45) is 0 Å². The molecule has 0 nitrogen and oxygen atoms in total. The summed E-state index contributed by atoms with van der Waals surface area (Å²) in [6.45, 7) is 4.84. The third kappa shape index (κ3) is 3.91. The van der Waals surface area contributed by atoms with Crippen molar-refractivity contribution in [2.45, 2.75) is 49.0 Å². The fraction of sp³-hybridized carbons (Fsp3) is 0.250. The van der Waals surface area contributed by atoms with Crippen LogP contribution in [0.4, 0.5) is 0 Å². The molecule has 0 N–H and O–H groups in total. The first-order valence-electron chi connectivity index (χ1n) is 13.0. The molecule has 4 aromatic rings. The molecular formula is C32H36Cl2SiTi. The molecule has 0 fully saturated rings. The predicted octanol–water partition coefficient (Wildman–Crippen LogP) is 7.52. The summed E-state index contributed by atoms with van der Waals surface area (Å²) in [6, 6.07) is 32.8. The van der Waals surface area contributed by atoms with Crippen LogP contribution in [0.15, 0.2) is 84.9 Å². The molecule has 6 rings (SSSR count). The summed E-state index contributed by atoms with van der Waals surface area (Å²) in [5, 5.41) is 0. The summed E-state index contributed by atoms with van der Waals surface area (Å²) in [7, 11) is 2.49. The van der Waals surface area contributed by atoms with Gasteiger partial charge in [-0.05, 0) is 0 Å². The summed E-state index contributed by atoms with van der Waals surface area (Å²) >= 11 is -3.37. The molecule has 0 spiro atoms. The quantitative estimate of drug-likeness (QED) is 0.183. The van der Waals surface area contributed by atoms with Gasteiger partial charge in [-0.25, -0.2) is 0 Å². The smallest absolute Gasteiger partial charge is 0.147 e. The van der Waals surface area contributed by atoms with Gasteiger partial charge in [-0.2, -0.15) is 0 Å². The van der Waals surface area contributed by atoms with Crippen LogP contribution in [0.5, 0.6) is 0 Å². The normalized spacial score (nSPS) is 13.1. The largest absolute Gasteiger partial charge is 0.147 e. The summed E-state index contributed by atoms with van der Waals surface area (Å²) in [6.07, 6.45) is 4.71. The average Bonchev–Trinajstić information content (AvgIpc) is 3.42. The van der Waals surface area contributed by atoms with E-state index in [9.17, 15) is 0 Å². The summed E-state index contributed by atoms with van der Waals surface area (Å²) in [4.78, 5) is 0. The third-order valence-corrected chi connectivity index (χ3v) is 26.1. The van der Waals surface area contributed by atoms with Crippen LogP contribution in [0, 0.1) is 0 Å². The van der Waals surface area contributed by atoms with Crippen molar-refractivity contribution in [3.05, 3.63) is 107 Å². The molecule has 0 radical (unpaired) electrons. The van der Waals surface area contributed by atoms with Gasteiger partial charge in [0.05, 0.1) is 0 Å². The van der Waals surface area contributed by atoms with Crippen molar-refractivity contribution in [1.29, 1.82) is 0 Å². The van der Waals surface area contributed by atoms with Gasteiger partial charge in [-0.15, -0.1) is 24.8 Å². The Morgan fingerprint density at radius 2 is 0.944 bits per heavy atom. The Kier molecular flexibility index (Phi) is 7.83. The van der Waals surface area contributed by atoms with E-state index >= 15 is 0 Å². The molecule has 0 aliphatic heterocycles. The number of rotatable bonds is 6. The Hall–Kier alpha value is -1.61. The minimum Gasteiger partial charge on any atom is -0.147 e. The van der Waals surface area contributed by atoms with Crippen LogP contribution in [-0.4, -0.2) is 7.63 Å². The van der Waals surface area contributed by atoms with Crippen LogP contribution in [0.25, 0.3) is 22.3 Å². The molecule has 0 heterocycles. The van der Waals surface area contributed by atoms with Gasteiger partial charge in [0.15, 0.2) is 0 Å². The van der Waals surface area contributed by atoms with E-state index < -0.39 is 14.0 Å². The second-order valence-electron chi connectivity index (χ2n) is 10.8. The van der Waals surface area contributed by atoms with Gasteiger partial charge in [0.2, 0.25) is 0 Å². The molecule has 0 saturated heterocycles. The second-order valence-corrected chi connectivity index (χ2v) is 27.1. The molecule has 0 atom stereocenters. The van der Waals surface area contributed by atoms with E-state index in [2.05, 4.69) is 106 Å². The predicted molar refractivity (Wildman–Crippen MR) is 162 cm³/mol. The van der Waals surface area contributed by atoms with Gasteiger partial charge >= 0.3 is 208 Å². The summed E-state index contributed by atoms with van der Waals surface area (Å²) in [5.41, 5.74) is 12.2. The summed E-state index contributed by atoms with van der Waals surface area (Å²) in [5.74, 6) is 0. The molecule has 0 amide bonds. The molecule has 36 heavy (non-hydrogen) atoms. The van der Waals surface area contributed by atoms with Crippen molar-refractivity contribution in [3.8, 4) is 22.3 Å². The second kappa shape index (κ2) is 10.3. The van der Waals surface area contributed by atoms with Crippen molar-refractivity contribution in [1.82, 2.24) is 0 Å². The van der Waals surface area contributed by atoms with Crippen molar-refractivity contribution in [3.63, 3.8) is 0 Å². The van der Waals surface area contributed by atoms with Gasteiger partial charge in [0.25, 0.3) is 0 Å². The number of halogens is 2. The van der Waals surface area contributed by atoms with Crippen molar-refractivity contribution < 1.29 is 14.0 Å². The first-order valence-corrected chi connectivity index (χ1v) is 20.8. The van der Waals surface area contributed by atoms with E-state index in [4.69, 9.17) is 0 Å². The third-order valence-electron chi connectivity index (χ3n) is 8.82. The standard InChI is InChI=1S/2C13H9.2C3H7.2ClH.H2Si.Ti/c2*1-3-7-12-10(5-1)9-11-6-2-4-8-13(11)12;2*1-3-2;;;;/h2*1-5,7-8H,9H2;2*1,3H2,2H3;2*1H;1H2;. The van der Waals surface area contributed by atoms with E-state index in [0.29, 0.717) is 0 Å². The molecule has 2 aliphatic carbocycles. The Morgan fingerprint density at radius 3 is 1.36 bits per heavy atom. The molecule has 2 aliphatic rings. The first-order chi connectivity index (χ1) is 16.6. The van der Waals surface area contributed by atoms with E-state index in [1.807, 2.05) is 0 Å². The van der Waals surface area contributed by atoms with Crippen LogP contribution < -0.4 is 7.74 Å². The first kappa shape index (κ1) is 27.4. The topological polar surface area (TPSA) is 0 Å². The fourth-order valence-electron chi connectivity index (χ4n) is 7.56. The Bertz CT molecular complexity index is 1390. The Balaban J connectivity index is 0.00000152. The fourth-order valence-corrected chi connectivity index (χ4v) is 24.3. The van der Waals surface area contributed by atoms with Crippen LogP contribution in [-0.2, 0) is 26.9 Å². The van der Waals surface area contributed by atoms with Crippen LogP contribution in [0.2, 0.25) is 9.45 Å². The minimum atomic E-state index is -3.37. The molecular weight excluding hydrogens is 531 g/mol. The van der Waals surface area contributed by atoms with Crippen LogP contribution in [0.1, 0.15) is 48.9 Å². The zero-order valence-corrected chi connectivity index (χ0v) is 26.0. The van der Waals surface area contributed by atoms with E-state index in [0.717, 1.165) is 12.8 Å². The number of hydrogen-bond donors (Lipinski definition) is 0. The van der Waals surface area contributed by atoms with Crippen LogP contribution >= 0.6 is 24.8 Å². The summed E-state index contributed by atoms with van der Waals surface area (Å²) < 4.78 is 6.25. The van der Waals surface area contributed by atoms with Gasteiger partial charge < -0.3 is 0 Å². The maximum atomic E-state index is 2.56. The molecule has 0 saturated carbocycles. The van der Waals surface area contributed by atoms with Crippen molar-refractivity contribution >= 4 is 40.2 Å². The zero-order valence-electron chi connectivity index (χ0n) is 21.3. The molecule has 186 valence electrons. The SMILES string of the molecule is CC[CH2][Ti](=[SiH2])([CH2]CC)([c]1cccc2c1Cc1ccccc1-2)[c]1cccc2c1Cc1ccccc1-2.Cl.Cl. The molecule has 0 unspecified atom stereocenters. The minimum absolute atomic E-state index is 0. The van der Waals surface area contributed by atoms with Crippen molar-refractivity contribution in [2.75, 3.05) is 0 Å². The van der Waals surface area contributed by atoms with Crippen LogP contribution in [0.3, 0.4) is 0 Å². The maximum absolute atomic E-state index is 3.37. The number of hydrogen-bond acceptors (Lipinski definition) is 0. The molecule has 0 aromatic heterocycles. The Morgan fingerprint density at radius 1 is 0.556 bits per heavy atom. The molecule has 4 aromatic carbocycles. The number of fused-ring (bicyclic) bond motifs is 6. The zero-order chi connectivity index (χ0) is 23.4. The van der Waals surface area contributed by atoms with E-state index in [-0.39, 0.29) is 24.8 Å². The van der Waals surface area contributed by atoms with Gasteiger partial charge in [-0.1, -0.05) is 0 Å². The molecule has 4 heteroatoms. The monoisotopic (exact) mass is 566 g/mol. The maximum Gasteiger partial charge on any atom is -0.147 e.